The van der Waals surface area contributed by atoms with Gasteiger partial charge in [0.15, 0.2) is 17.5 Å². The van der Waals surface area contributed by atoms with E-state index < -0.39 is 17.5 Å². The van der Waals surface area contributed by atoms with Gasteiger partial charge in [-0.1, -0.05) is 18.2 Å². The molecule has 1 aliphatic rings. The van der Waals surface area contributed by atoms with Gasteiger partial charge in [0.1, 0.15) is 0 Å². The van der Waals surface area contributed by atoms with Crippen molar-refractivity contribution < 1.29 is 18.0 Å². The molecule has 27 heavy (non-hydrogen) atoms. The third-order valence-electron chi connectivity index (χ3n) is 4.73. The second kappa shape index (κ2) is 9.76. The summed E-state index contributed by atoms with van der Waals surface area (Å²) < 4.78 is 40.3. The molecule has 2 aromatic carbocycles. The maximum absolute atomic E-state index is 13.5. The molecule has 0 radical (unpaired) electrons. The predicted octanol–water partition coefficient (Wildman–Crippen LogP) is 4.91. The summed E-state index contributed by atoms with van der Waals surface area (Å²) in [6, 6.07) is 8.57. The zero-order chi connectivity index (χ0) is 18.5. The van der Waals surface area contributed by atoms with E-state index in [0.29, 0.717) is 23.6 Å². The standard InChI is InChI=1S/C20H21F3N2O.ClH/c21-16-11-14(12-17(22)20(16)23)15-3-1-2-4-18(15)25-19(26)6-5-13-7-9-24-10-8-13;/h1-4,11-13,24H,5-10H2,(H,25,26);1H. The fourth-order valence-electron chi connectivity index (χ4n) is 3.27. The summed E-state index contributed by atoms with van der Waals surface area (Å²) in [7, 11) is 0. The van der Waals surface area contributed by atoms with Crippen LogP contribution >= 0.6 is 12.4 Å². The first kappa shape index (κ1) is 21.3. The van der Waals surface area contributed by atoms with Crippen molar-refractivity contribution in [1.82, 2.24) is 5.32 Å². The topological polar surface area (TPSA) is 41.1 Å². The first-order valence-corrected chi connectivity index (χ1v) is 8.79. The summed E-state index contributed by atoms with van der Waals surface area (Å²) in [4.78, 5) is 12.3. The van der Waals surface area contributed by atoms with E-state index in [-0.39, 0.29) is 23.9 Å². The van der Waals surface area contributed by atoms with E-state index in [1.807, 2.05) is 0 Å². The Morgan fingerprint density at radius 1 is 1.07 bits per heavy atom. The Morgan fingerprint density at radius 3 is 2.37 bits per heavy atom. The van der Waals surface area contributed by atoms with Crippen molar-refractivity contribution in [3.63, 3.8) is 0 Å². The fourth-order valence-corrected chi connectivity index (χ4v) is 3.27. The Labute approximate surface area is 162 Å². The molecule has 0 bridgehead atoms. The third kappa shape index (κ3) is 5.47. The highest BCUT2D eigenvalue weighted by molar-refractivity contribution is 5.95. The van der Waals surface area contributed by atoms with Crippen molar-refractivity contribution in [2.45, 2.75) is 25.7 Å². The number of piperidine rings is 1. The summed E-state index contributed by atoms with van der Waals surface area (Å²) in [5.74, 6) is -3.62. The summed E-state index contributed by atoms with van der Waals surface area (Å²) in [5, 5.41) is 6.10. The smallest absolute Gasteiger partial charge is 0.224 e. The predicted molar refractivity (Wildman–Crippen MR) is 102 cm³/mol. The first-order chi connectivity index (χ1) is 12.5. The lowest BCUT2D eigenvalue weighted by Gasteiger charge is -2.22. The summed E-state index contributed by atoms with van der Waals surface area (Å²) >= 11 is 0. The molecule has 1 heterocycles. The van der Waals surface area contributed by atoms with Gasteiger partial charge >= 0.3 is 0 Å². The van der Waals surface area contributed by atoms with E-state index in [1.165, 1.54) is 0 Å². The molecule has 0 spiro atoms. The van der Waals surface area contributed by atoms with E-state index in [4.69, 9.17) is 0 Å². The van der Waals surface area contributed by atoms with Crippen LogP contribution in [0.1, 0.15) is 25.7 Å². The second-order valence-corrected chi connectivity index (χ2v) is 6.58. The maximum Gasteiger partial charge on any atom is 0.224 e. The van der Waals surface area contributed by atoms with Crippen LogP contribution in [0.3, 0.4) is 0 Å². The number of benzene rings is 2. The average Bonchev–Trinajstić information content (AvgIpc) is 2.65. The van der Waals surface area contributed by atoms with E-state index >= 15 is 0 Å². The van der Waals surface area contributed by atoms with Gasteiger partial charge in [-0.05, 0) is 62.0 Å². The normalized spacial score (nSPS) is 14.5. The Kier molecular flexibility index (Phi) is 7.68. The van der Waals surface area contributed by atoms with Gasteiger partial charge in [-0.25, -0.2) is 13.2 Å². The van der Waals surface area contributed by atoms with Crippen molar-refractivity contribution in [3.8, 4) is 11.1 Å². The molecule has 1 fully saturated rings. The molecule has 3 nitrogen and oxygen atoms in total. The van der Waals surface area contributed by atoms with Crippen molar-refractivity contribution in [2.75, 3.05) is 18.4 Å². The number of para-hydroxylation sites is 1. The lowest BCUT2D eigenvalue weighted by molar-refractivity contribution is -0.116. The van der Waals surface area contributed by atoms with Crippen LogP contribution in [0.15, 0.2) is 36.4 Å². The number of rotatable bonds is 5. The zero-order valence-electron chi connectivity index (χ0n) is 14.7. The SMILES string of the molecule is Cl.O=C(CCC1CCNCC1)Nc1ccccc1-c1cc(F)c(F)c(F)c1. The number of halogens is 4. The number of hydrogen-bond acceptors (Lipinski definition) is 2. The van der Waals surface area contributed by atoms with E-state index in [1.54, 1.807) is 24.3 Å². The molecule has 0 saturated carbocycles. The van der Waals surface area contributed by atoms with Crippen molar-refractivity contribution in [3.05, 3.63) is 53.8 Å². The molecule has 1 amide bonds. The van der Waals surface area contributed by atoms with Crippen molar-refractivity contribution >= 4 is 24.0 Å². The second-order valence-electron chi connectivity index (χ2n) is 6.58. The van der Waals surface area contributed by atoms with E-state index in [0.717, 1.165) is 44.5 Å². The molecule has 7 heteroatoms. The quantitative estimate of drug-likeness (QED) is 0.702. The molecule has 146 valence electrons. The fraction of sp³-hybridized carbons (Fsp3) is 0.350. The highest BCUT2D eigenvalue weighted by Gasteiger charge is 2.17. The monoisotopic (exact) mass is 398 g/mol. The number of nitrogens with one attached hydrogen (secondary N) is 2. The van der Waals surface area contributed by atoms with Crippen molar-refractivity contribution in [1.29, 1.82) is 0 Å². The highest BCUT2D eigenvalue weighted by Crippen LogP contribution is 2.30. The molecule has 1 saturated heterocycles. The van der Waals surface area contributed by atoms with Crippen LogP contribution in [-0.4, -0.2) is 19.0 Å². The number of carbonyl (C=O) groups excluding carboxylic acids is 1. The van der Waals surface area contributed by atoms with Gasteiger partial charge in [0, 0.05) is 17.7 Å². The Hall–Kier alpha value is -2.05. The molecular formula is C20H22ClF3N2O. The average molecular weight is 399 g/mol. The van der Waals surface area contributed by atoms with Gasteiger partial charge in [0.25, 0.3) is 0 Å². The molecule has 1 aliphatic heterocycles. The van der Waals surface area contributed by atoms with Gasteiger partial charge in [-0.15, -0.1) is 12.4 Å². The van der Waals surface area contributed by atoms with Gasteiger partial charge in [0.2, 0.25) is 5.91 Å². The minimum atomic E-state index is -1.50. The van der Waals surface area contributed by atoms with Crippen LogP contribution in [0.5, 0.6) is 0 Å². The van der Waals surface area contributed by atoms with Gasteiger partial charge in [0.05, 0.1) is 0 Å². The number of carbonyl (C=O) groups is 1. The number of hydrogen-bond donors (Lipinski definition) is 2. The first-order valence-electron chi connectivity index (χ1n) is 8.79. The zero-order valence-corrected chi connectivity index (χ0v) is 15.6. The van der Waals surface area contributed by atoms with Crippen LogP contribution < -0.4 is 10.6 Å². The Balaban J connectivity index is 0.00000261. The van der Waals surface area contributed by atoms with Gasteiger partial charge < -0.3 is 10.6 Å². The van der Waals surface area contributed by atoms with Crippen molar-refractivity contribution in [2.24, 2.45) is 5.92 Å². The van der Waals surface area contributed by atoms with Crippen LogP contribution in [0.25, 0.3) is 11.1 Å². The van der Waals surface area contributed by atoms with Crippen LogP contribution in [0.2, 0.25) is 0 Å². The lowest BCUT2D eigenvalue weighted by atomic mass is 9.93. The largest absolute Gasteiger partial charge is 0.326 e. The number of amides is 1. The molecule has 0 aliphatic carbocycles. The minimum Gasteiger partial charge on any atom is -0.326 e. The summed E-state index contributed by atoms with van der Waals surface area (Å²) in [6.45, 7) is 1.97. The minimum absolute atomic E-state index is 0. The van der Waals surface area contributed by atoms with Crippen LogP contribution in [0.4, 0.5) is 18.9 Å². The Bertz CT molecular complexity index is 772. The molecule has 3 rings (SSSR count). The molecule has 2 aromatic rings. The molecule has 0 aromatic heterocycles. The molecule has 0 atom stereocenters. The van der Waals surface area contributed by atoms with Crippen LogP contribution in [0, 0.1) is 23.4 Å². The highest BCUT2D eigenvalue weighted by atomic mass is 35.5. The van der Waals surface area contributed by atoms with Gasteiger partial charge in [-0.2, -0.15) is 0 Å². The lowest BCUT2D eigenvalue weighted by Crippen LogP contribution is -2.28. The molecule has 0 unspecified atom stereocenters. The number of anilines is 1. The summed E-state index contributed by atoms with van der Waals surface area (Å²) in [5.41, 5.74) is 1.07. The molecule has 2 N–H and O–H groups in total. The van der Waals surface area contributed by atoms with Crippen LogP contribution in [-0.2, 0) is 4.79 Å². The van der Waals surface area contributed by atoms with Gasteiger partial charge in [-0.3, -0.25) is 4.79 Å². The third-order valence-corrected chi connectivity index (χ3v) is 4.73. The van der Waals surface area contributed by atoms with E-state index in [2.05, 4.69) is 10.6 Å². The van der Waals surface area contributed by atoms with E-state index in [9.17, 15) is 18.0 Å². The Morgan fingerprint density at radius 2 is 1.70 bits per heavy atom. The molecular weight excluding hydrogens is 377 g/mol. The summed E-state index contributed by atoms with van der Waals surface area (Å²) in [6.07, 6.45) is 3.34. The maximum atomic E-state index is 13.5.